The van der Waals surface area contributed by atoms with Crippen molar-refractivity contribution in [2.24, 2.45) is 0 Å². The molecule has 0 bridgehead atoms. The van der Waals surface area contributed by atoms with E-state index in [0.29, 0.717) is 29.5 Å². The Morgan fingerprint density at radius 3 is 2.54 bits per heavy atom. The highest BCUT2D eigenvalue weighted by molar-refractivity contribution is 9.10. The third-order valence-corrected chi connectivity index (χ3v) is 3.75. The van der Waals surface area contributed by atoms with Crippen LogP contribution in [-0.2, 0) is 6.42 Å². The fourth-order valence-corrected chi connectivity index (χ4v) is 2.48. The number of hydrogen-bond donors (Lipinski definition) is 2. The molecule has 0 radical (unpaired) electrons. The number of hydrogen-bond acceptors (Lipinski definition) is 4. The summed E-state index contributed by atoms with van der Waals surface area (Å²) in [6.45, 7) is 1.95. The number of rotatable bonds is 4. The van der Waals surface area contributed by atoms with Crippen LogP contribution in [0.4, 0.5) is 16.2 Å². The molecule has 0 aliphatic heterocycles. The first-order valence-electron chi connectivity index (χ1n) is 7.40. The van der Waals surface area contributed by atoms with Gasteiger partial charge in [-0.05, 0) is 42.5 Å². The first kappa shape index (κ1) is 16.2. The Labute approximate surface area is 147 Å². The van der Waals surface area contributed by atoms with Gasteiger partial charge < -0.3 is 15.2 Å². The van der Waals surface area contributed by atoms with Crippen molar-refractivity contribution in [1.82, 2.24) is 10.1 Å². The van der Waals surface area contributed by atoms with E-state index in [2.05, 4.69) is 36.7 Å². The Balaban J connectivity index is 1.64. The Kier molecular flexibility index (Phi) is 4.90. The molecule has 122 valence electrons. The maximum Gasteiger partial charge on any atom is 0.323 e. The predicted molar refractivity (Wildman–Crippen MR) is 95.9 cm³/mol. The molecule has 2 amide bonds. The number of aromatic nitrogens is 2. The molecular weight excluding hydrogens is 372 g/mol. The van der Waals surface area contributed by atoms with Crippen LogP contribution in [0.2, 0.25) is 0 Å². The molecule has 0 saturated carbocycles. The Hall–Kier alpha value is -2.67. The van der Waals surface area contributed by atoms with Crippen LogP contribution < -0.4 is 10.6 Å². The number of urea groups is 1. The van der Waals surface area contributed by atoms with Gasteiger partial charge in [0.1, 0.15) is 0 Å². The molecule has 2 aromatic carbocycles. The Bertz CT molecular complexity index is 846. The molecule has 1 aromatic heterocycles. The summed E-state index contributed by atoms with van der Waals surface area (Å²) in [4.78, 5) is 16.3. The number of nitrogens with zero attached hydrogens (tertiary/aromatic N) is 2. The van der Waals surface area contributed by atoms with Gasteiger partial charge in [0.05, 0.1) is 0 Å². The van der Waals surface area contributed by atoms with Crippen molar-refractivity contribution in [3.8, 4) is 11.4 Å². The van der Waals surface area contributed by atoms with Gasteiger partial charge in [-0.15, -0.1) is 0 Å². The molecule has 24 heavy (non-hydrogen) atoms. The lowest BCUT2D eigenvalue weighted by molar-refractivity contribution is 0.262. The molecule has 0 atom stereocenters. The molecule has 7 heteroatoms. The fraction of sp³-hybridized carbons (Fsp3) is 0.118. The van der Waals surface area contributed by atoms with Crippen molar-refractivity contribution in [1.29, 1.82) is 0 Å². The quantitative estimate of drug-likeness (QED) is 0.680. The second-order valence-electron chi connectivity index (χ2n) is 5.03. The number of carbonyl (C=O) groups is 1. The zero-order chi connectivity index (χ0) is 16.9. The zero-order valence-corrected chi connectivity index (χ0v) is 14.5. The van der Waals surface area contributed by atoms with Crippen LogP contribution in [0.25, 0.3) is 11.4 Å². The number of aryl methyl sites for hydroxylation is 1. The molecule has 2 N–H and O–H groups in total. The van der Waals surface area contributed by atoms with E-state index in [1.165, 1.54) is 0 Å². The molecule has 3 rings (SSSR count). The van der Waals surface area contributed by atoms with E-state index in [9.17, 15) is 4.79 Å². The molecule has 0 aliphatic carbocycles. The molecule has 0 spiro atoms. The maximum atomic E-state index is 12.0. The highest BCUT2D eigenvalue weighted by Crippen LogP contribution is 2.20. The van der Waals surface area contributed by atoms with Crippen molar-refractivity contribution in [2.45, 2.75) is 13.3 Å². The van der Waals surface area contributed by atoms with Gasteiger partial charge in [-0.2, -0.15) is 4.98 Å². The minimum absolute atomic E-state index is 0.311. The molecule has 1 heterocycles. The minimum Gasteiger partial charge on any atom is -0.339 e. The smallest absolute Gasteiger partial charge is 0.323 e. The zero-order valence-electron chi connectivity index (χ0n) is 12.9. The van der Waals surface area contributed by atoms with Gasteiger partial charge in [-0.1, -0.05) is 34.1 Å². The average molecular weight is 387 g/mol. The van der Waals surface area contributed by atoms with Crippen LogP contribution in [0.3, 0.4) is 0 Å². The largest absolute Gasteiger partial charge is 0.339 e. The second-order valence-corrected chi connectivity index (χ2v) is 5.95. The summed E-state index contributed by atoms with van der Waals surface area (Å²) in [5.41, 5.74) is 2.21. The predicted octanol–water partition coefficient (Wildman–Crippen LogP) is 4.71. The van der Waals surface area contributed by atoms with Gasteiger partial charge in [0.2, 0.25) is 11.7 Å². The second kappa shape index (κ2) is 7.27. The van der Waals surface area contributed by atoms with Crippen LogP contribution in [0.5, 0.6) is 0 Å². The molecule has 0 fully saturated rings. The number of anilines is 2. The van der Waals surface area contributed by atoms with Gasteiger partial charge in [-0.25, -0.2) is 4.79 Å². The summed E-state index contributed by atoms with van der Waals surface area (Å²) in [7, 11) is 0. The van der Waals surface area contributed by atoms with Crippen LogP contribution in [0, 0.1) is 0 Å². The van der Waals surface area contributed by atoms with Crippen LogP contribution in [0.1, 0.15) is 12.8 Å². The highest BCUT2D eigenvalue weighted by Gasteiger charge is 2.08. The first-order chi connectivity index (χ1) is 11.6. The van der Waals surface area contributed by atoms with Gasteiger partial charge in [-0.3, -0.25) is 0 Å². The number of nitrogens with one attached hydrogen (secondary N) is 2. The summed E-state index contributed by atoms with van der Waals surface area (Å²) in [5, 5.41) is 9.47. The molecule has 0 unspecified atom stereocenters. The van der Waals surface area contributed by atoms with Gasteiger partial charge >= 0.3 is 6.03 Å². The lowest BCUT2D eigenvalue weighted by Gasteiger charge is -2.08. The number of carbonyl (C=O) groups excluding carboxylic acids is 1. The van der Waals surface area contributed by atoms with Crippen molar-refractivity contribution >= 4 is 33.3 Å². The van der Waals surface area contributed by atoms with Gasteiger partial charge in [0.15, 0.2) is 0 Å². The molecular formula is C17H15BrN4O2. The Morgan fingerprint density at radius 2 is 1.88 bits per heavy atom. The minimum atomic E-state index is -0.311. The monoisotopic (exact) mass is 386 g/mol. The summed E-state index contributed by atoms with van der Waals surface area (Å²) >= 11 is 3.36. The van der Waals surface area contributed by atoms with E-state index in [4.69, 9.17) is 4.52 Å². The van der Waals surface area contributed by atoms with Crippen molar-refractivity contribution in [3.05, 3.63) is 58.9 Å². The van der Waals surface area contributed by atoms with Crippen LogP contribution in [-0.4, -0.2) is 16.2 Å². The van der Waals surface area contributed by atoms with E-state index in [1.807, 2.05) is 43.3 Å². The Morgan fingerprint density at radius 1 is 1.12 bits per heavy atom. The van der Waals surface area contributed by atoms with Crippen LogP contribution >= 0.6 is 15.9 Å². The van der Waals surface area contributed by atoms with Crippen molar-refractivity contribution in [3.63, 3.8) is 0 Å². The third-order valence-electron chi connectivity index (χ3n) is 3.25. The van der Waals surface area contributed by atoms with E-state index >= 15 is 0 Å². The van der Waals surface area contributed by atoms with Crippen molar-refractivity contribution in [2.75, 3.05) is 10.6 Å². The van der Waals surface area contributed by atoms with Gasteiger partial charge in [0.25, 0.3) is 0 Å². The standard InChI is InChI=1S/C17H15BrN4O2/c1-2-15-21-16(22-24-15)11-6-8-13(9-7-11)19-17(23)20-14-5-3-4-12(18)10-14/h3-10H,2H2,1H3,(H2,19,20,23). The maximum absolute atomic E-state index is 12.0. The lowest BCUT2D eigenvalue weighted by Crippen LogP contribution is -2.19. The highest BCUT2D eigenvalue weighted by atomic mass is 79.9. The van der Waals surface area contributed by atoms with E-state index in [0.717, 1.165) is 10.0 Å². The number of benzene rings is 2. The first-order valence-corrected chi connectivity index (χ1v) is 8.20. The molecule has 0 aliphatic rings. The summed E-state index contributed by atoms with van der Waals surface area (Å²) < 4.78 is 5.99. The third kappa shape index (κ3) is 3.99. The van der Waals surface area contributed by atoms with Gasteiger partial charge in [0, 0.05) is 27.8 Å². The fourth-order valence-electron chi connectivity index (χ4n) is 2.08. The summed E-state index contributed by atoms with van der Waals surface area (Å²) in [6.07, 6.45) is 0.697. The van der Waals surface area contributed by atoms with Crippen LogP contribution in [0.15, 0.2) is 57.5 Å². The average Bonchev–Trinajstić information content (AvgIpc) is 3.04. The molecule has 0 saturated heterocycles. The summed E-state index contributed by atoms with van der Waals surface area (Å²) in [5.74, 6) is 1.14. The number of halogens is 1. The van der Waals surface area contributed by atoms with E-state index < -0.39 is 0 Å². The number of amides is 2. The topological polar surface area (TPSA) is 80.0 Å². The van der Waals surface area contributed by atoms with Crippen molar-refractivity contribution < 1.29 is 9.32 Å². The summed E-state index contributed by atoms with van der Waals surface area (Å²) in [6, 6.07) is 14.3. The molecule has 6 nitrogen and oxygen atoms in total. The molecule has 3 aromatic rings. The van der Waals surface area contributed by atoms with E-state index in [1.54, 1.807) is 12.1 Å². The normalized spacial score (nSPS) is 10.4. The lowest BCUT2D eigenvalue weighted by atomic mass is 10.2. The SMILES string of the molecule is CCc1nc(-c2ccc(NC(=O)Nc3cccc(Br)c3)cc2)no1. The van der Waals surface area contributed by atoms with E-state index in [-0.39, 0.29) is 6.03 Å².